The molecule has 0 unspecified atom stereocenters. The van der Waals surface area contributed by atoms with Crippen molar-refractivity contribution >= 4 is 39.1 Å². The Morgan fingerprint density at radius 3 is 2.90 bits per heavy atom. The Bertz CT molecular complexity index is 614. The zero-order valence-electron chi connectivity index (χ0n) is 11.2. The van der Waals surface area contributed by atoms with Crippen molar-refractivity contribution in [1.29, 1.82) is 0 Å². The first-order valence-electron chi connectivity index (χ1n) is 6.29. The fourth-order valence-electron chi connectivity index (χ4n) is 1.59. The van der Waals surface area contributed by atoms with E-state index in [1.807, 2.05) is 18.4 Å². The fourth-order valence-corrected chi connectivity index (χ4v) is 3.05. The molecule has 0 aliphatic carbocycles. The number of pyridine rings is 1. The van der Waals surface area contributed by atoms with Crippen molar-refractivity contribution in [3.8, 4) is 10.6 Å². The minimum Gasteiger partial charge on any atom is -0.338 e. The number of nitrogens with one attached hydrogen (secondary N) is 2. The van der Waals surface area contributed by atoms with Gasteiger partial charge in [-0.05, 0) is 35.3 Å². The van der Waals surface area contributed by atoms with Crippen LogP contribution < -0.4 is 10.6 Å². The van der Waals surface area contributed by atoms with Crippen LogP contribution in [-0.4, -0.2) is 22.5 Å². The standard InChI is InChI=1S/C13H15BrN4OS/c1-3-8-7-20-12(17-8)9-5-11(16-6-10(9)14)18-13(19)15-4-2/h5-7H,3-4H2,1-2H3,(H2,15,16,18,19). The number of urea groups is 1. The van der Waals surface area contributed by atoms with Crippen LogP contribution in [0.3, 0.4) is 0 Å². The highest BCUT2D eigenvalue weighted by atomic mass is 79.9. The number of rotatable bonds is 4. The van der Waals surface area contributed by atoms with Gasteiger partial charge in [-0.3, -0.25) is 5.32 Å². The van der Waals surface area contributed by atoms with Gasteiger partial charge < -0.3 is 5.32 Å². The molecule has 20 heavy (non-hydrogen) atoms. The highest BCUT2D eigenvalue weighted by molar-refractivity contribution is 9.10. The SMILES string of the molecule is CCNC(=O)Nc1cc(-c2nc(CC)cs2)c(Br)cn1. The van der Waals surface area contributed by atoms with Gasteiger partial charge >= 0.3 is 6.03 Å². The smallest absolute Gasteiger partial charge is 0.320 e. The van der Waals surface area contributed by atoms with Gasteiger partial charge in [-0.15, -0.1) is 11.3 Å². The highest BCUT2D eigenvalue weighted by Crippen LogP contribution is 2.31. The van der Waals surface area contributed by atoms with Crippen LogP contribution in [0.4, 0.5) is 10.6 Å². The molecule has 0 fully saturated rings. The van der Waals surface area contributed by atoms with E-state index >= 15 is 0 Å². The molecular weight excluding hydrogens is 340 g/mol. The maximum atomic E-state index is 11.5. The zero-order chi connectivity index (χ0) is 14.5. The van der Waals surface area contributed by atoms with Crippen LogP contribution in [0.5, 0.6) is 0 Å². The van der Waals surface area contributed by atoms with Crippen molar-refractivity contribution < 1.29 is 4.79 Å². The summed E-state index contributed by atoms with van der Waals surface area (Å²) >= 11 is 5.05. The summed E-state index contributed by atoms with van der Waals surface area (Å²) in [4.78, 5) is 20.2. The third-order valence-electron chi connectivity index (χ3n) is 2.58. The summed E-state index contributed by atoms with van der Waals surface area (Å²) in [5, 5.41) is 8.32. The van der Waals surface area contributed by atoms with Gasteiger partial charge in [0.15, 0.2) is 0 Å². The fraction of sp³-hybridized carbons (Fsp3) is 0.308. The first-order valence-corrected chi connectivity index (χ1v) is 7.96. The molecule has 0 saturated heterocycles. The number of thiazole rings is 1. The first kappa shape index (κ1) is 14.9. The number of carbonyl (C=O) groups is 1. The lowest BCUT2D eigenvalue weighted by Gasteiger charge is -2.07. The van der Waals surface area contributed by atoms with Crippen molar-refractivity contribution in [2.24, 2.45) is 0 Å². The van der Waals surface area contributed by atoms with Gasteiger partial charge in [0.05, 0.1) is 5.69 Å². The van der Waals surface area contributed by atoms with E-state index in [2.05, 4.69) is 43.5 Å². The number of hydrogen-bond donors (Lipinski definition) is 2. The van der Waals surface area contributed by atoms with Crippen molar-refractivity contribution in [3.05, 3.63) is 27.8 Å². The van der Waals surface area contributed by atoms with Crippen LogP contribution in [0.1, 0.15) is 19.5 Å². The second-order valence-electron chi connectivity index (χ2n) is 4.03. The lowest BCUT2D eigenvalue weighted by Crippen LogP contribution is -2.28. The van der Waals surface area contributed by atoms with Crippen molar-refractivity contribution in [2.45, 2.75) is 20.3 Å². The predicted molar refractivity (Wildman–Crippen MR) is 85.1 cm³/mol. The maximum Gasteiger partial charge on any atom is 0.320 e. The third-order valence-corrected chi connectivity index (χ3v) is 4.13. The van der Waals surface area contributed by atoms with E-state index in [1.54, 1.807) is 17.5 Å². The van der Waals surface area contributed by atoms with E-state index in [9.17, 15) is 4.79 Å². The van der Waals surface area contributed by atoms with Crippen LogP contribution in [0, 0.1) is 0 Å². The Kier molecular flexibility index (Phi) is 5.08. The van der Waals surface area contributed by atoms with E-state index in [0.29, 0.717) is 12.4 Å². The Morgan fingerprint density at radius 2 is 2.25 bits per heavy atom. The van der Waals surface area contributed by atoms with Gasteiger partial charge in [0.2, 0.25) is 0 Å². The van der Waals surface area contributed by atoms with Crippen LogP contribution in [0.15, 0.2) is 22.1 Å². The predicted octanol–water partition coefficient (Wildman–Crippen LogP) is 3.67. The Labute approximate surface area is 130 Å². The van der Waals surface area contributed by atoms with E-state index in [0.717, 1.165) is 27.2 Å². The summed E-state index contributed by atoms with van der Waals surface area (Å²) in [6.07, 6.45) is 2.58. The summed E-state index contributed by atoms with van der Waals surface area (Å²) in [7, 11) is 0. The largest absolute Gasteiger partial charge is 0.338 e. The molecule has 7 heteroatoms. The lowest BCUT2D eigenvalue weighted by atomic mass is 10.2. The molecule has 2 aromatic heterocycles. The second-order valence-corrected chi connectivity index (χ2v) is 5.74. The molecule has 0 saturated carbocycles. The Morgan fingerprint density at radius 1 is 1.45 bits per heavy atom. The number of halogens is 1. The molecule has 0 bridgehead atoms. The van der Waals surface area contributed by atoms with Gasteiger partial charge in [-0.25, -0.2) is 14.8 Å². The van der Waals surface area contributed by atoms with Gasteiger partial charge in [0.1, 0.15) is 10.8 Å². The molecule has 2 N–H and O–H groups in total. The number of anilines is 1. The van der Waals surface area contributed by atoms with Crippen LogP contribution in [0.25, 0.3) is 10.6 Å². The molecule has 5 nitrogen and oxygen atoms in total. The molecule has 0 radical (unpaired) electrons. The summed E-state index contributed by atoms with van der Waals surface area (Å²) in [5.74, 6) is 0.502. The molecule has 0 aliphatic heterocycles. The van der Waals surface area contributed by atoms with Crippen molar-refractivity contribution in [3.63, 3.8) is 0 Å². The van der Waals surface area contributed by atoms with Crippen LogP contribution >= 0.6 is 27.3 Å². The number of nitrogens with zero attached hydrogens (tertiary/aromatic N) is 2. The minimum atomic E-state index is -0.262. The molecule has 0 aromatic carbocycles. The molecule has 0 aliphatic rings. The van der Waals surface area contributed by atoms with E-state index in [1.165, 1.54) is 0 Å². The highest BCUT2D eigenvalue weighted by Gasteiger charge is 2.11. The average Bonchev–Trinajstić information content (AvgIpc) is 2.90. The number of carbonyl (C=O) groups excluding carboxylic acids is 1. The van der Waals surface area contributed by atoms with Crippen LogP contribution in [0.2, 0.25) is 0 Å². The quantitative estimate of drug-likeness (QED) is 0.879. The van der Waals surface area contributed by atoms with E-state index in [-0.39, 0.29) is 6.03 Å². The second kappa shape index (κ2) is 6.81. The lowest BCUT2D eigenvalue weighted by molar-refractivity contribution is 0.252. The molecule has 0 spiro atoms. The zero-order valence-corrected chi connectivity index (χ0v) is 13.6. The van der Waals surface area contributed by atoms with Gasteiger partial charge in [-0.1, -0.05) is 6.92 Å². The molecular formula is C13H15BrN4OS. The summed E-state index contributed by atoms with van der Waals surface area (Å²) < 4.78 is 0.857. The minimum absolute atomic E-state index is 0.262. The van der Waals surface area contributed by atoms with E-state index < -0.39 is 0 Å². The topological polar surface area (TPSA) is 66.9 Å². The number of aryl methyl sites for hydroxylation is 1. The summed E-state index contributed by atoms with van der Waals surface area (Å²) in [6, 6.07) is 1.55. The molecule has 2 heterocycles. The Balaban J connectivity index is 2.26. The number of aromatic nitrogens is 2. The molecule has 2 amide bonds. The van der Waals surface area contributed by atoms with Crippen molar-refractivity contribution in [1.82, 2.24) is 15.3 Å². The number of hydrogen-bond acceptors (Lipinski definition) is 4. The normalized spacial score (nSPS) is 10.3. The summed E-state index contributed by atoms with van der Waals surface area (Å²) in [6.45, 7) is 4.51. The maximum absolute atomic E-state index is 11.5. The van der Waals surface area contributed by atoms with Gasteiger partial charge in [0, 0.05) is 28.2 Å². The third kappa shape index (κ3) is 3.55. The van der Waals surface area contributed by atoms with E-state index in [4.69, 9.17) is 0 Å². The average molecular weight is 355 g/mol. The van der Waals surface area contributed by atoms with Crippen LogP contribution in [-0.2, 0) is 6.42 Å². The summed E-state index contributed by atoms with van der Waals surface area (Å²) in [5.41, 5.74) is 1.99. The van der Waals surface area contributed by atoms with Gasteiger partial charge in [-0.2, -0.15) is 0 Å². The molecule has 106 valence electrons. The Hall–Kier alpha value is -1.47. The molecule has 2 rings (SSSR count). The van der Waals surface area contributed by atoms with Gasteiger partial charge in [0.25, 0.3) is 0 Å². The number of amides is 2. The molecule has 0 atom stereocenters. The van der Waals surface area contributed by atoms with Crippen molar-refractivity contribution in [2.75, 3.05) is 11.9 Å². The first-order chi connectivity index (χ1) is 9.63. The molecule has 2 aromatic rings. The monoisotopic (exact) mass is 354 g/mol.